The Morgan fingerprint density at radius 2 is 2.12 bits per heavy atom. The topological polar surface area (TPSA) is 48.1 Å². The summed E-state index contributed by atoms with van der Waals surface area (Å²) in [6.45, 7) is 8.79. The SMILES string of the molecule is Cc1nc(Br)ccc1OC[C@@](C)(N)CC(C)C. The number of aromatic nitrogens is 1. The first-order valence-electron chi connectivity index (χ1n) is 5.85. The van der Waals surface area contributed by atoms with Gasteiger partial charge < -0.3 is 10.5 Å². The Hall–Kier alpha value is -0.610. The predicted molar refractivity (Wildman–Crippen MR) is 74.2 cm³/mol. The molecule has 0 bridgehead atoms. The number of aryl methyl sites for hydroxylation is 1. The second-order valence-electron chi connectivity index (χ2n) is 5.26. The van der Waals surface area contributed by atoms with Crippen LogP contribution in [0.15, 0.2) is 16.7 Å². The lowest BCUT2D eigenvalue weighted by molar-refractivity contribution is 0.205. The first kappa shape index (κ1) is 14.5. The molecule has 0 aliphatic carbocycles. The van der Waals surface area contributed by atoms with E-state index in [1.165, 1.54) is 0 Å². The smallest absolute Gasteiger partial charge is 0.140 e. The molecule has 0 saturated heterocycles. The van der Waals surface area contributed by atoms with E-state index in [-0.39, 0.29) is 5.54 Å². The van der Waals surface area contributed by atoms with E-state index in [0.29, 0.717) is 12.5 Å². The van der Waals surface area contributed by atoms with Crippen molar-refractivity contribution in [1.29, 1.82) is 0 Å². The Kier molecular flexibility index (Phi) is 4.95. The predicted octanol–water partition coefficient (Wildman–Crippen LogP) is 3.29. The number of hydrogen-bond donors (Lipinski definition) is 1. The molecule has 0 saturated carbocycles. The van der Waals surface area contributed by atoms with Crippen LogP contribution in [0.25, 0.3) is 0 Å². The van der Waals surface area contributed by atoms with Crippen molar-refractivity contribution in [3.8, 4) is 5.75 Å². The molecule has 1 atom stereocenters. The Morgan fingerprint density at radius 3 is 2.65 bits per heavy atom. The summed E-state index contributed by atoms with van der Waals surface area (Å²) in [6.07, 6.45) is 0.940. The van der Waals surface area contributed by atoms with Gasteiger partial charge in [-0.2, -0.15) is 0 Å². The Bertz CT molecular complexity index is 378. The number of hydrogen-bond acceptors (Lipinski definition) is 3. The monoisotopic (exact) mass is 300 g/mol. The van der Waals surface area contributed by atoms with Gasteiger partial charge in [0.05, 0.1) is 5.69 Å². The van der Waals surface area contributed by atoms with Gasteiger partial charge in [0, 0.05) is 5.54 Å². The van der Waals surface area contributed by atoms with Gasteiger partial charge in [-0.05, 0) is 54.2 Å². The second-order valence-corrected chi connectivity index (χ2v) is 6.07. The molecule has 17 heavy (non-hydrogen) atoms. The molecule has 1 aromatic heterocycles. The van der Waals surface area contributed by atoms with E-state index in [9.17, 15) is 0 Å². The van der Waals surface area contributed by atoms with E-state index in [4.69, 9.17) is 10.5 Å². The highest BCUT2D eigenvalue weighted by Crippen LogP contribution is 2.21. The molecule has 0 amide bonds. The molecule has 0 aromatic carbocycles. The number of nitrogens with zero attached hydrogens (tertiary/aromatic N) is 1. The molecule has 0 spiro atoms. The summed E-state index contributed by atoms with van der Waals surface area (Å²) in [5.41, 5.74) is 6.77. The second kappa shape index (κ2) is 5.83. The van der Waals surface area contributed by atoms with Crippen molar-refractivity contribution in [3.63, 3.8) is 0 Å². The lowest BCUT2D eigenvalue weighted by Crippen LogP contribution is -2.43. The Balaban J connectivity index is 2.61. The zero-order valence-electron chi connectivity index (χ0n) is 11.0. The zero-order chi connectivity index (χ0) is 13.1. The molecule has 0 unspecified atom stereocenters. The van der Waals surface area contributed by atoms with Crippen LogP contribution in [0.3, 0.4) is 0 Å². The molecule has 96 valence electrons. The van der Waals surface area contributed by atoms with Gasteiger partial charge in [0.25, 0.3) is 0 Å². The van der Waals surface area contributed by atoms with Crippen LogP contribution in [-0.4, -0.2) is 17.1 Å². The number of nitrogens with two attached hydrogens (primary N) is 1. The number of pyridine rings is 1. The summed E-state index contributed by atoms with van der Waals surface area (Å²) < 4.78 is 6.57. The van der Waals surface area contributed by atoms with Crippen LogP contribution < -0.4 is 10.5 Å². The fourth-order valence-corrected chi connectivity index (χ4v) is 2.30. The Morgan fingerprint density at radius 1 is 1.47 bits per heavy atom. The summed E-state index contributed by atoms with van der Waals surface area (Å²) in [5, 5.41) is 0. The van der Waals surface area contributed by atoms with E-state index in [0.717, 1.165) is 22.5 Å². The third-order valence-electron chi connectivity index (χ3n) is 2.44. The van der Waals surface area contributed by atoms with Gasteiger partial charge in [-0.15, -0.1) is 0 Å². The molecule has 2 N–H and O–H groups in total. The molecule has 0 radical (unpaired) electrons. The van der Waals surface area contributed by atoms with E-state index in [2.05, 4.69) is 34.8 Å². The van der Waals surface area contributed by atoms with Crippen LogP contribution in [0.2, 0.25) is 0 Å². The lowest BCUT2D eigenvalue weighted by Gasteiger charge is -2.26. The highest BCUT2D eigenvalue weighted by atomic mass is 79.9. The zero-order valence-corrected chi connectivity index (χ0v) is 12.5. The minimum Gasteiger partial charge on any atom is -0.490 e. The summed E-state index contributed by atoms with van der Waals surface area (Å²) >= 11 is 3.33. The van der Waals surface area contributed by atoms with Crippen molar-refractivity contribution >= 4 is 15.9 Å². The normalized spacial score (nSPS) is 14.8. The number of halogens is 1. The average Bonchev–Trinajstić information content (AvgIpc) is 2.14. The van der Waals surface area contributed by atoms with E-state index in [1.54, 1.807) is 0 Å². The Labute approximate surface area is 112 Å². The molecule has 1 rings (SSSR count). The lowest BCUT2D eigenvalue weighted by atomic mass is 9.93. The minimum absolute atomic E-state index is 0.298. The van der Waals surface area contributed by atoms with Gasteiger partial charge >= 0.3 is 0 Å². The van der Waals surface area contributed by atoms with Crippen LogP contribution in [0, 0.1) is 12.8 Å². The summed E-state index contributed by atoms with van der Waals surface area (Å²) in [6, 6.07) is 3.79. The molecule has 0 fully saturated rings. The standard InChI is InChI=1S/C13H21BrN2O/c1-9(2)7-13(4,15)8-17-11-5-6-12(14)16-10(11)3/h5-6,9H,7-8,15H2,1-4H3/t13-/m0/s1. The molecule has 4 heteroatoms. The minimum atomic E-state index is -0.298. The fraction of sp³-hybridized carbons (Fsp3) is 0.615. The van der Waals surface area contributed by atoms with Crippen molar-refractivity contribution in [2.24, 2.45) is 11.7 Å². The maximum atomic E-state index is 6.19. The third kappa shape index (κ3) is 5.04. The summed E-state index contributed by atoms with van der Waals surface area (Å²) in [7, 11) is 0. The average molecular weight is 301 g/mol. The summed E-state index contributed by atoms with van der Waals surface area (Å²) in [4.78, 5) is 4.29. The molecular formula is C13H21BrN2O. The van der Waals surface area contributed by atoms with Gasteiger partial charge in [-0.25, -0.2) is 4.98 Å². The van der Waals surface area contributed by atoms with Gasteiger partial charge in [0.1, 0.15) is 17.0 Å². The first-order valence-corrected chi connectivity index (χ1v) is 6.64. The van der Waals surface area contributed by atoms with Crippen LogP contribution in [-0.2, 0) is 0 Å². The first-order chi connectivity index (χ1) is 7.80. The van der Waals surface area contributed by atoms with Gasteiger partial charge in [0.15, 0.2) is 0 Å². The van der Waals surface area contributed by atoms with E-state index >= 15 is 0 Å². The third-order valence-corrected chi connectivity index (χ3v) is 2.88. The van der Waals surface area contributed by atoms with Crippen molar-refractivity contribution in [2.75, 3.05) is 6.61 Å². The molecule has 3 nitrogen and oxygen atoms in total. The van der Waals surface area contributed by atoms with Gasteiger partial charge in [0.2, 0.25) is 0 Å². The molecule has 1 aromatic rings. The molecule has 0 aliphatic heterocycles. The van der Waals surface area contributed by atoms with Crippen molar-refractivity contribution in [1.82, 2.24) is 4.98 Å². The quantitative estimate of drug-likeness (QED) is 0.849. The van der Waals surface area contributed by atoms with E-state index in [1.807, 2.05) is 26.0 Å². The summed E-state index contributed by atoms with van der Waals surface area (Å²) in [5.74, 6) is 1.37. The van der Waals surface area contributed by atoms with Gasteiger partial charge in [-0.3, -0.25) is 0 Å². The van der Waals surface area contributed by atoms with Gasteiger partial charge in [-0.1, -0.05) is 13.8 Å². The van der Waals surface area contributed by atoms with Crippen molar-refractivity contribution in [3.05, 3.63) is 22.4 Å². The van der Waals surface area contributed by atoms with Crippen LogP contribution in [0.4, 0.5) is 0 Å². The van der Waals surface area contributed by atoms with Crippen LogP contribution in [0.1, 0.15) is 32.9 Å². The van der Waals surface area contributed by atoms with E-state index < -0.39 is 0 Å². The number of rotatable bonds is 5. The highest BCUT2D eigenvalue weighted by molar-refractivity contribution is 9.10. The van der Waals surface area contributed by atoms with Crippen molar-refractivity contribution in [2.45, 2.75) is 39.7 Å². The van der Waals surface area contributed by atoms with Crippen LogP contribution >= 0.6 is 15.9 Å². The van der Waals surface area contributed by atoms with Crippen LogP contribution in [0.5, 0.6) is 5.75 Å². The molecular weight excluding hydrogens is 280 g/mol. The maximum Gasteiger partial charge on any atom is 0.140 e. The highest BCUT2D eigenvalue weighted by Gasteiger charge is 2.21. The molecule has 1 heterocycles. The molecule has 0 aliphatic rings. The fourth-order valence-electron chi connectivity index (χ4n) is 1.90. The maximum absolute atomic E-state index is 6.19. The van der Waals surface area contributed by atoms with Crippen molar-refractivity contribution < 1.29 is 4.74 Å². The number of ether oxygens (including phenoxy) is 1. The largest absolute Gasteiger partial charge is 0.490 e.